The summed E-state index contributed by atoms with van der Waals surface area (Å²) in [5, 5.41) is 11.5. The van der Waals surface area contributed by atoms with E-state index in [0.717, 1.165) is 0 Å². The molecule has 11 heteroatoms. The number of fused-ring (bicyclic) bond motifs is 1. The molecule has 1 aromatic carbocycles. The van der Waals surface area contributed by atoms with Crippen LogP contribution in [-0.2, 0) is 6.42 Å². The number of alkyl halides is 3. The largest absolute Gasteiger partial charge is 0.465 e. The zero-order valence-corrected chi connectivity index (χ0v) is 16.1. The van der Waals surface area contributed by atoms with Crippen molar-refractivity contribution in [3.63, 3.8) is 0 Å². The molecule has 1 fully saturated rings. The molecular formula is C18H20ClF3N4O3. The van der Waals surface area contributed by atoms with Crippen LogP contribution in [0.2, 0.25) is 5.02 Å². The lowest BCUT2D eigenvalue weighted by Crippen LogP contribution is -2.43. The Hall–Kier alpha value is -2.33. The molecule has 3 rings (SSSR count). The SMILES string of the molecule is O=C(O)NCCc1nc2cccc(Cl)c2c(=O)n1C1CCN(CC(F)(F)F)CC1. The van der Waals surface area contributed by atoms with Gasteiger partial charge in [0.1, 0.15) is 5.82 Å². The Morgan fingerprint density at radius 2 is 2.00 bits per heavy atom. The van der Waals surface area contributed by atoms with Gasteiger partial charge < -0.3 is 10.4 Å². The van der Waals surface area contributed by atoms with E-state index in [1.165, 1.54) is 9.47 Å². The Morgan fingerprint density at radius 3 is 2.62 bits per heavy atom. The van der Waals surface area contributed by atoms with E-state index in [-0.39, 0.29) is 48.1 Å². The molecule has 0 spiro atoms. The summed E-state index contributed by atoms with van der Waals surface area (Å²) in [5.41, 5.74) is 0.0405. The maximum Gasteiger partial charge on any atom is 0.404 e. The van der Waals surface area contributed by atoms with Crippen molar-refractivity contribution in [2.75, 3.05) is 26.2 Å². The highest BCUT2D eigenvalue weighted by Crippen LogP contribution is 2.27. The highest BCUT2D eigenvalue weighted by atomic mass is 35.5. The Balaban J connectivity index is 1.92. The quantitative estimate of drug-likeness (QED) is 0.758. The van der Waals surface area contributed by atoms with Gasteiger partial charge >= 0.3 is 12.3 Å². The summed E-state index contributed by atoms with van der Waals surface area (Å²) in [6, 6.07) is 4.55. The fraction of sp³-hybridized carbons (Fsp3) is 0.500. The number of aromatic nitrogens is 2. The second kappa shape index (κ2) is 8.58. The fourth-order valence-electron chi connectivity index (χ4n) is 3.67. The normalized spacial score (nSPS) is 16.3. The number of nitrogens with one attached hydrogen (secondary N) is 1. The number of carboxylic acid groups (broad SMARTS) is 1. The van der Waals surface area contributed by atoms with E-state index < -0.39 is 18.8 Å². The molecule has 2 heterocycles. The van der Waals surface area contributed by atoms with Crippen LogP contribution in [0, 0.1) is 0 Å². The molecule has 2 aromatic rings. The Labute approximate surface area is 169 Å². The molecule has 1 saturated heterocycles. The number of halogens is 4. The summed E-state index contributed by atoms with van der Waals surface area (Å²) in [7, 11) is 0. The van der Waals surface area contributed by atoms with E-state index >= 15 is 0 Å². The van der Waals surface area contributed by atoms with Crippen LogP contribution in [0.1, 0.15) is 24.7 Å². The van der Waals surface area contributed by atoms with Crippen molar-refractivity contribution in [1.29, 1.82) is 0 Å². The van der Waals surface area contributed by atoms with E-state index in [1.54, 1.807) is 18.2 Å². The monoisotopic (exact) mass is 432 g/mol. The molecule has 0 bridgehead atoms. The highest BCUT2D eigenvalue weighted by Gasteiger charge is 2.33. The van der Waals surface area contributed by atoms with E-state index in [9.17, 15) is 22.8 Å². The Bertz CT molecular complexity index is 956. The van der Waals surface area contributed by atoms with Crippen molar-refractivity contribution in [3.8, 4) is 0 Å². The van der Waals surface area contributed by atoms with Crippen molar-refractivity contribution in [2.45, 2.75) is 31.5 Å². The zero-order chi connectivity index (χ0) is 21.2. The molecule has 2 N–H and O–H groups in total. The average Bonchev–Trinajstić information content (AvgIpc) is 2.61. The van der Waals surface area contributed by atoms with Crippen molar-refractivity contribution in [2.24, 2.45) is 0 Å². The molecule has 7 nitrogen and oxygen atoms in total. The molecule has 0 saturated carbocycles. The predicted octanol–water partition coefficient (Wildman–Crippen LogP) is 3.06. The minimum absolute atomic E-state index is 0.0563. The molecule has 1 aliphatic rings. The molecule has 0 unspecified atom stereocenters. The van der Waals surface area contributed by atoms with Crippen LogP contribution in [0.3, 0.4) is 0 Å². The molecule has 0 aliphatic carbocycles. The van der Waals surface area contributed by atoms with Crippen LogP contribution in [0.15, 0.2) is 23.0 Å². The summed E-state index contributed by atoms with van der Waals surface area (Å²) in [5.74, 6) is 0.382. The molecule has 29 heavy (non-hydrogen) atoms. The lowest BCUT2D eigenvalue weighted by Gasteiger charge is -2.34. The first kappa shape index (κ1) is 21.4. The standard InChI is InChI=1S/C18H20ClF3N4O3/c19-12-2-1-3-13-15(12)16(27)26(14(24-13)4-7-23-17(28)29)11-5-8-25(9-6-11)10-18(20,21)22/h1-3,11,23H,4-10H2,(H,28,29). The highest BCUT2D eigenvalue weighted by molar-refractivity contribution is 6.35. The van der Waals surface area contributed by atoms with Gasteiger partial charge in [-0.3, -0.25) is 14.3 Å². The molecule has 0 atom stereocenters. The van der Waals surface area contributed by atoms with Crippen molar-refractivity contribution in [3.05, 3.63) is 39.4 Å². The van der Waals surface area contributed by atoms with Gasteiger partial charge in [0.05, 0.1) is 22.5 Å². The van der Waals surface area contributed by atoms with E-state index in [1.807, 2.05) is 0 Å². The second-order valence-electron chi connectivity index (χ2n) is 6.94. The van der Waals surface area contributed by atoms with Crippen LogP contribution in [0.4, 0.5) is 18.0 Å². The van der Waals surface area contributed by atoms with Gasteiger partial charge in [-0.2, -0.15) is 13.2 Å². The van der Waals surface area contributed by atoms with Gasteiger partial charge in [-0.15, -0.1) is 0 Å². The molecule has 1 aliphatic heterocycles. The molecule has 158 valence electrons. The molecule has 1 aromatic heterocycles. The van der Waals surface area contributed by atoms with Gasteiger partial charge in [-0.25, -0.2) is 9.78 Å². The number of rotatable bonds is 5. The molecule has 1 amide bonds. The minimum Gasteiger partial charge on any atom is -0.465 e. The first-order valence-corrected chi connectivity index (χ1v) is 9.49. The van der Waals surface area contributed by atoms with E-state index in [2.05, 4.69) is 10.3 Å². The maximum absolute atomic E-state index is 13.2. The molecular weight excluding hydrogens is 413 g/mol. The second-order valence-corrected chi connectivity index (χ2v) is 7.35. The van der Waals surface area contributed by atoms with Crippen molar-refractivity contribution >= 4 is 28.6 Å². The van der Waals surface area contributed by atoms with E-state index in [4.69, 9.17) is 16.7 Å². The van der Waals surface area contributed by atoms with Crippen LogP contribution in [-0.4, -0.2) is 58.0 Å². The fourth-order valence-corrected chi connectivity index (χ4v) is 3.92. The number of hydrogen-bond acceptors (Lipinski definition) is 4. The summed E-state index contributed by atoms with van der Waals surface area (Å²) < 4.78 is 39.4. The number of amides is 1. The van der Waals surface area contributed by atoms with Gasteiger partial charge in [-0.05, 0) is 25.0 Å². The number of benzene rings is 1. The third kappa shape index (κ3) is 5.18. The van der Waals surface area contributed by atoms with Gasteiger partial charge in [0, 0.05) is 32.1 Å². The summed E-state index contributed by atoms with van der Waals surface area (Å²) in [6.45, 7) is -0.527. The van der Waals surface area contributed by atoms with E-state index in [0.29, 0.717) is 24.2 Å². The topological polar surface area (TPSA) is 87.5 Å². The third-order valence-corrected chi connectivity index (χ3v) is 5.22. The van der Waals surface area contributed by atoms with Gasteiger partial charge in [0.25, 0.3) is 5.56 Å². The first-order valence-electron chi connectivity index (χ1n) is 9.11. The van der Waals surface area contributed by atoms with Crippen LogP contribution in [0.5, 0.6) is 0 Å². The van der Waals surface area contributed by atoms with Gasteiger partial charge in [0.2, 0.25) is 0 Å². The first-order chi connectivity index (χ1) is 13.7. The Kier molecular flexibility index (Phi) is 6.33. The molecule has 0 radical (unpaired) electrons. The lowest BCUT2D eigenvalue weighted by molar-refractivity contribution is -0.148. The predicted molar refractivity (Wildman–Crippen MR) is 102 cm³/mol. The Morgan fingerprint density at radius 1 is 1.31 bits per heavy atom. The third-order valence-electron chi connectivity index (χ3n) is 4.90. The zero-order valence-electron chi connectivity index (χ0n) is 15.4. The lowest BCUT2D eigenvalue weighted by atomic mass is 10.0. The van der Waals surface area contributed by atoms with Crippen LogP contribution in [0.25, 0.3) is 10.9 Å². The number of piperidine rings is 1. The average molecular weight is 433 g/mol. The minimum atomic E-state index is -4.27. The van der Waals surface area contributed by atoms with Gasteiger partial charge in [0.15, 0.2) is 0 Å². The van der Waals surface area contributed by atoms with Crippen LogP contribution >= 0.6 is 11.6 Å². The number of likely N-dealkylation sites (tertiary alicyclic amines) is 1. The van der Waals surface area contributed by atoms with Gasteiger partial charge in [-0.1, -0.05) is 17.7 Å². The maximum atomic E-state index is 13.2. The van der Waals surface area contributed by atoms with Crippen LogP contribution < -0.4 is 10.9 Å². The van der Waals surface area contributed by atoms with Crippen molar-refractivity contribution < 1.29 is 23.1 Å². The number of hydrogen-bond donors (Lipinski definition) is 2. The summed E-state index contributed by atoms with van der Waals surface area (Å²) in [4.78, 5) is 29.7. The summed E-state index contributed by atoms with van der Waals surface area (Å²) >= 11 is 6.19. The smallest absolute Gasteiger partial charge is 0.404 e. The number of nitrogens with zero attached hydrogens (tertiary/aromatic N) is 3. The summed E-state index contributed by atoms with van der Waals surface area (Å²) in [6.07, 6.45) is -4.58. The number of carbonyl (C=O) groups is 1. The van der Waals surface area contributed by atoms with Crippen molar-refractivity contribution in [1.82, 2.24) is 19.8 Å².